The van der Waals surface area contributed by atoms with Crippen LogP contribution in [0.15, 0.2) is 24.3 Å². The standard InChI is InChI=1S/C16H18ClIN2/c1-3-4-5-15-14(16(17)20-11(2)19-15)10-12-6-8-13(18)9-7-12/h6-9H,3-5,10H2,1-2H3. The van der Waals surface area contributed by atoms with Crippen molar-refractivity contribution in [3.05, 3.63) is 55.6 Å². The van der Waals surface area contributed by atoms with Crippen LogP contribution in [0.3, 0.4) is 0 Å². The summed E-state index contributed by atoms with van der Waals surface area (Å²) in [6.45, 7) is 4.09. The second kappa shape index (κ2) is 7.36. The van der Waals surface area contributed by atoms with Crippen molar-refractivity contribution in [1.29, 1.82) is 0 Å². The lowest BCUT2D eigenvalue weighted by Crippen LogP contribution is -2.05. The molecule has 1 aromatic carbocycles. The average Bonchev–Trinajstić information content (AvgIpc) is 2.42. The zero-order chi connectivity index (χ0) is 14.5. The van der Waals surface area contributed by atoms with Crippen molar-refractivity contribution in [1.82, 2.24) is 9.97 Å². The Balaban J connectivity index is 2.31. The van der Waals surface area contributed by atoms with E-state index >= 15 is 0 Å². The van der Waals surface area contributed by atoms with Gasteiger partial charge in [-0.25, -0.2) is 9.97 Å². The van der Waals surface area contributed by atoms with Crippen LogP contribution in [0.4, 0.5) is 0 Å². The van der Waals surface area contributed by atoms with Gasteiger partial charge in [-0.2, -0.15) is 0 Å². The van der Waals surface area contributed by atoms with E-state index in [0.29, 0.717) is 5.15 Å². The molecular formula is C16H18ClIN2. The van der Waals surface area contributed by atoms with Crippen LogP contribution in [0.25, 0.3) is 0 Å². The van der Waals surface area contributed by atoms with Crippen molar-refractivity contribution >= 4 is 34.2 Å². The molecule has 0 radical (unpaired) electrons. The van der Waals surface area contributed by atoms with E-state index in [1.165, 1.54) is 9.13 Å². The first-order chi connectivity index (χ1) is 9.60. The van der Waals surface area contributed by atoms with E-state index < -0.39 is 0 Å². The number of hydrogen-bond donors (Lipinski definition) is 0. The first kappa shape index (κ1) is 15.7. The Morgan fingerprint density at radius 3 is 2.50 bits per heavy atom. The monoisotopic (exact) mass is 400 g/mol. The molecule has 0 atom stereocenters. The van der Waals surface area contributed by atoms with Crippen LogP contribution in [0.1, 0.15) is 42.4 Å². The minimum absolute atomic E-state index is 0.599. The van der Waals surface area contributed by atoms with E-state index in [1.54, 1.807) is 0 Å². The molecule has 0 bridgehead atoms. The second-order valence-electron chi connectivity index (χ2n) is 4.89. The molecule has 0 aliphatic carbocycles. The van der Waals surface area contributed by atoms with Crippen LogP contribution >= 0.6 is 34.2 Å². The number of benzene rings is 1. The normalized spacial score (nSPS) is 10.8. The van der Waals surface area contributed by atoms with Crippen LogP contribution < -0.4 is 0 Å². The predicted octanol–water partition coefficient (Wildman–Crippen LogP) is 4.98. The number of aryl methyl sites for hydroxylation is 2. The van der Waals surface area contributed by atoms with Crippen molar-refractivity contribution in [2.75, 3.05) is 0 Å². The third-order valence-electron chi connectivity index (χ3n) is 3.22. The van der Waals surface area contributed by atoms with Crippen molar-refractivity contribution in [3.63, 3.8) is 0 Å². The molecule has 2 aromatic rings. The highest BCUT2D eigenvalue weighted by molar-refractivity contribution is 14.1. The highest BCUT2D eigenvalue weighted by Gasteiger charge is 2.12. The fraction of sp³-hybridized carbons (Fsp3) is 0.375. The Bertz CT molecular complexity index is 582. The molecule has 2 rings (SSSR count). The van der Waals surface area contributed by atoms with Gasteiger partial charge in [0.25, 0.3) is 0 Å². The van der Waals surface area contributed by atoms with Crippen LogP contribution in [0, 0.1) is 10.5 Å². The van der Waals surface area contributed by atoms with E-state index in [9.17, 15) is 0 Å². The molecule has 2 nitrogen and oxygen atoms in total. The molecule has 1 heterocycles. The Labute approximate surface area is 139 Å². The summed E-state index contributed by atoms with van der Waals surface area (Å²) in [5.74, 6) is 0.757. The van der Waals surface area contributed by atoms with Crippen molar-refractivity contribution in [2.24, 2.45) is 0 Å². The minimum atomic E-state index is 0.599. The molecular weight excluding hydrogens is 383 g/mol. The molecule has 0 spiro atoms. The molecule has 0 fully saturated rings. The summed E-state index contributed by atoms with van der Waals surface area (Å²) in [6, 6.07) is 8.51. The Morgan fingerprint density at radius 1 is 1.15 bits per heavy atom. The number of halogens is 2. The van der Waals surface area contributed by atoms with Crippen LogP contribution in [-0.4, -0.2) is 9.97 Å². The van der Waals surface area contributed by atoms with Gasteiger partial charge in [-0.15, -0.1) is 0 Å². The zero-order valence-corrected chi connectivity index (χ0v) is 14.7. The molecule has 0 saturated heterocycles. The van der Waals surface area contributed by atoms with Crippen molar-refractivity contribution < 1.29 is 0 Å². The third-order valence-corrected chi connectivity index (χ3v) is 4.25. The van der Waals surface area contributed by atoms with Gasteiger partial charge in [0.2, 0.25) is 0 Å². The first-order valence-corrected chi connectivity index (χ1v) is 8.32. The largest absolute Gasteiger partial charge is 0.238 e. The van der Waals surface area contributed by atoms with Crippen LogP contribution in [0.5, 0.6) is 0 Å². The lowest BCUT2D eigenvalue weighted by molar-refractivity contribution is 0.757. The summed E-state index contributed by atoms with van der Waals surface area (Å²) in [5.41, 5.74) is 3.42. The van der Waals surface area contributed by atoms with Gasteiger partial charge < -0.3 is 0 Å². The molecule has 0 aliphatic heterocycles. The summed E-state index contributed by atoms with van der Waals surface area (Å²) in [7, 11) is 0. The Hall–Kier alpha value is -0.680. The molecule has 0 amide bonds. The van der Waals surface area contributed by atoms with E-state index in [2.05, 4.69) is 63.7 Å². The number of nitrogens with zero attached hydrogens (tertiary/aromatic N) is 2. The summed E-state index contributed by atoms with van der Waals surface area (Å²) in [6.07, 6.45) is 4.06. The molecule has 0 saturated carbocycles. The molecule has 1 aromatic heterocycles. The molecule has 106 valence electrons. The lowest BCUT2D eigenvalue weighted by Gasteiger charge is -2.11. The van der Waals surface area contributed by atoms with Gasteiger partial charge >= 0.3 is 0 Å². The lowest BCUT2D eigenvalue weighted by atomic mass is 10.0. The maximum absolute atomic E-state index is 6.34. The maximum Gasteiger partial charge on any atom is 0.136 e. The van der Waals surface area contributed by atoms with Crippen LogP contribution in [-0.2, 0) is 12.8 Å². The summed E-state index contributed by atoms with van der Waals surface area (Å²) in [5, 5.41) is 0.599. The number of aromatic nitrogens is 2. The first-order valence-electron chi connectivity index (χ1n) is 6.86. The molecule has 4 heteroatoms. The predicted molar refractivity (Wildman–Crippen MR) is 92.4 cm³/mol. The maximum atomic E-state index is 6.34. The Kier molecular flexibility index (Phi) is 5.78. The number of rotatable bonds is 5. The summed E-state index contributed by atoms with van der Waals surface area (Å²) in [4.78, 5) is 8.90. The summed E-state index contributed by atoms with van der Waals surface area (Å²) < 4.78 is 1.24. The van der Waals surface area contributed by atoms with Gasteiger partial charge in [-0.1, -0.05) is 37.1 Å². The third kappa shape index (κ3) is 4.16. The van der Waals surface area contributed by atoms with Gasteiger partial charge in [0.05, 0.1) is 0 Å². The van der Waals surface area contributed by atoms with E-state index in [-0.39, 0.29) is 0 Å². The number of hydrogen-bond acceptors (Lipinski definition) is 2. The average molecular weight is 401 g/mol. The van der Waals surface area contributed by atoms with Crippen molar-refractivity contribution in [3.8, 4) is 0 Å². The molecule has 0 aliphatic rings. The SMILES string of the molecule is CCCCc1nc(C)nc(Cl)c1Cc1ccc(I)cc1. The Morgan fingerprint density at radius 2 is 1.85 bits per heavy atom. The molecule has 0 N–H and O–H groups in total. The quantitative estimate of drug-likeness (QED) is 0.523. The smallest absolute Gasteiger partial charge is 0.136 e. The highest BCUT2D eigenvalue weighted by atomic mass is 127. The van der Waals surface area contributed by atoms with E-state index in [1.807, 2.05) is 6.92 Å². The summed E-state index contributed by atoms with van der Waals surface area (Å²) >= 11 is 8.65. The molecule has 0 unspecified atom stereocenters. The highest BCUT2D eigenvalue weighted by Crippen LogP contribution is 2.22. The zero-order valence-electron chi connectivity index (χ0n) is 11.8. The van der Waals surface area contributed by atoms with E-state index in [0.717, 1.165) is 42.8 Å². The van der Waals surface area contributed by atoms with Crippen molar-refractivity contribution in [2.45, 2.75) is 39.5 Å². The fourth-order valence-corrected chi connectivity index (χ4v) is 2.81. The van der Waals surface area contributed by atoms with Gasteiger partial charge in [0.15, 0.2) is 0 Å². The number of unbranched alkanes of at least 4 members (excludes halogenated alkanes) is 1. The van der Waals surface area contributed by atoms with Gasteiger partial charge in [0, 0.05) is 21.2 Å². The van der Waals surface area contributed by atoms with Gasteiger partial charge in [0.1, 0.15) is 11.0 Å². The second-order valence-corrected chi connectivity index (χ2v) is 6.50. The van der Waals surface area contributed by atoms with Gasteiger partial charge in [-0.3, -0.25) is 0 Å². The minimum Gasteiger partial charge on any atom is -0.238 e. The van der Waals surface area contributed by atoms with Crippen LogP contribution in [0.2, 0.25) is 5.15 Å². The van der Waals surface area contributed by atoms with E-state index in [4.69, 9.17) is 11.6 Å². The molecule has 20 heavy (non-hydrogen) atoms. The topological polar surface area (TPSA) is 25.8 Å². The van der Waals surface area contributed by atoms with Gasteiger partial charge in [-0.05, 0) is 60.1 Å². The fourth-order valence-electron chi connectivity index (χ4n) is 2.15.